The number of hydrogen-bond donors (Lipinski definition) is 0. The Morgan fingerprint density at radius 3 is 3.07 bits per heavy atom. The lowest BCUT2D eigenvalue weighted by molar-refractivity contribution is -0.143. The minimum Gasteiger partial charge on any atom is -0.360 e. The van der Waals surface area contributed by atoms with E-state index in [9.17, 15) is 9.59 Å². The van der Waals surface area contributed by atoms with Crippen LogP contribution in [0.2, 0.25) is 0 Å². The maximum absolute atomic E-state index is 13.2. The van der Waals surface area contributed by atoms with Gasteiger partial charge < -0.3 is 14.5 Å². The maximum Gasteiger partial charge on any atom is 0.230 e. The van der Waals surface area contributed by atoms with Gasteiger partial charge in [-0.2, -0.15) is 0 Å². The van der Waals surface area contributed by atoms with Gasteiger partial charge in [0.05, 0.1) is 24.5 Å². The summed E-state index contributed by atoms with van der Waals surface area (Å²) in [6.07, 6.45) is 10.2. The standard InChI is InChI=1S/C21H23N3O3/c1-14-5-9-23(10-6-14)19(25)17-16-4-7-21(27-16)13-24(20(26)18(17)21)12-15-3-2-8-22-11-15/h2-5,7-8,11,16-18H,6,9-10,12-13H2,1H3/t16-,17+,18-,21-/m0/s1. The molecule has 5 rings (SSSR count). The monoisotopic (exact) mass is 365 g/mol. The van der Waals surface area contributed by atoms with Crippen LogP contribution in [0.4, 0.5) is 0 Å². The molecule has 4 aliphatic heterocycles. The predicted octanol–water partition coefficient (Wildman–Crippen LogP) is 1.54. The molecular formula is C21H23N3O3. The van der Waals surface area contributed by atoms with Crippen LogP contribution in [0, 0.1) is 11.8 Å². The predicted molar refractivity (Wildman–Crippen MR) is 98.3 cm³/mol. The molecule has 2 fully saturated rings. The highest BCUT2D eigenvalue weighted by Gasteiger charge is 2.67. The van der Waals surface area contributed by atoms with Gasteiger partial charge in [0.1, 0.15) is 5.60 Å². The fourth-order valence-corrected chi connectivity index (χ4v) is 4.89. The van der Waals surface area contributed by atoms with E-state index in [1.807, 2.05) is 34.1 Å². The van der Waals surface area contributed by atoms with Gasteiger partial charge in [-0.05, 0) is 25.0 Å². The number of carbonyl (C=O) groups excluding carboxylic acids is 2. The molecule has 0 radical (unpaired) electrons. The van der Waals surface area contributed by atoms with E-state index >= 15 is 0 Å². The summed E-state index contributed by atoms with van der Waals surface area (Å²) in [7, 11) is 0. The molecule has 5 heterocycles. The Morgan fingerprint density at radius 1 is 1.44 bits per heavy atom. The van der Waals surface area contributed by atoms with Crippen molar-refractivity contribution >= 4 is 11.8 Å². The number of hydrogen-bond acceptors (Lipinski definition) is 4. The first kappa shape index (κ1) is 16.7. The third-order valence-electron chi connectivity index (χ3n) is 6.31. The van der Waals surface area contributed by atoms with Gasteiger partial charge in [-0.15, -0.1) is 0 Å². The summed E-state index contributed by atoms with van der Waals surface area (Å²) in [4.78, 5) is 34.3. The SMILES string of the molecule is CC1=CCN(C(=O)[C@@H]2[C@@H]3C=C[C@@]4(CN(Cc5cccnc5)C(=O)[C@H]24)O3)CC1. The van der Waals surface area contributed by atoms with Crippen molar-refractivity contribution < 1.29 is 14.3 Å². The van der Waals surface area contributed by atoms with Crippen LogP contribution in [0.15, 0.2) is 48.3 Å². The summed E-state index contributed by atoms with van der Waals surface area (Å²) in [5.74, 6) is -0.749. The smallest absolute Gasteiger partial charge is 0.230 e. The van der Waals surface area contributed by atoms with Crippen LogP contribution in [-0.4, -0.2) is 57.9 Å². The zero-order chi connectivity index (χ0) is 18.6. The van der Waals surface area contributed by atoms with Gasteiger partial charge in [0.2, 0.25) is 11.8 Å². The Labute approximate surface area is 158 Å². The second kappa shape index (κ2) is 6.02. The third kappa shape index (κ3) is 2.54. The van der Waals surface area contributed by atoms with Crippen LogP contribution < -0.4 is 0 Å². The number of amides is 2. The molecule has 6 nitrogen and oxygen atoms in total. The normalized spacial score (nSPS) is 34.2. The molecule has 4 aliphatic rings. The van der Waals surface area contributed by atoms with E-state index < -0.39 is 17.4 Å². The largest absolute Gasteiger partial charge is 0.360 e. The van der Waals surface area contributed by atoms with Crippen LogP contribution >= 0.6 is 0 Å². The fraction of sp³-hybridized carbons (Fsp3) is 0.476. The zero-order valence-electron chi connectivity index (χ0n) is 15.4. The number of aromatic nitrogens is 1. The Balaban J connectivity index is 1.39. The first-order valence-corrected chi connectivity index (χ1v) is 9.57. The molecule has 1 spiro atoms. The molecule has 27 heavy (non-hydrogen) atoms. The van der Waals surface area contributed by atoms with Crippen LogP contribution in [-0.2, 0) is 20.9 Å². The van der Waals surface area contributed by atoms with Crippen molar-refractivity contribution in [3.05, 3.63) is 53.9 Å². The van der Waals surface area contributed by atoms with Crippen molar-refractivity contribution in [3.63, 3.8) is 0 Å². The Kier molecular flexibility index (Phi) is 3.72. The molecule has 1 aromatic rings. The first-order valence-electron chi connectivity index (χ1n) is 9.57. The van der Waals surface area contributed by atoms with E-state index in [2.05, 4.69) is 18.0 Å². The molecule has 2 amide bonds. The van der Waals surface area contributed by atoms with Gasteiger partial charge in [0.25, 0.3) is 0 Å². The maximum atomic E-state index is 13.2. The average Bonchev–Trinajstić information content (AvgIpc) is 3.31. The molecule has 6 heteroatoms. The van der Waals surface area contributed by atoms with E-state index in [1.54, 1.807) is 12.4 Å². The van der Waals surface area contributed by atoms with Crippen molar-refractivity contribution in [1.29, 1.82) is 0 Å². The van der Waals surface area contributed by atoms with E-state index in [1.165, 1.54) is 5.57 Å². The number of carbonyl (C=O) groups is 2. The van der Waals surface area contributed by atoms with Crippen molar-refractivity contribution in [2.75, 3.05) is 19.6 Å². The van der Waals surface area contributed by atoms with Crippen LogP contribution in [0.3, 0.4) is 0 Å². The Morgan fingerprint density at radius 2 is 2.33 bits per heavy atom. The van der Waals surface area contributed by atoms with Crippen molar-refractivity contribution in [2.24, 2.45) is 11.8 Å². The van der Waals surface area contributed by atoms with E-state index in [0.29, 0.717) is 19.6 Å². The average molecular weight is 365 g/mol. The molecule has 4 atom stereocenters. The molecule has 0 aliphatic carbocycles. The van der Waals surface area contributed by atoms with Gasteiger partial charge in [0.15, 0.2) is 0 Å². The van der Waals surface area contributed by atoms with Crippen molar-refractivity contribution in [1.82, 2.24) is 14.8 Å². The minimum atomic E-state index is -0.647. The summed E-state index contributed by atoms with van der Waals surface area (Å²) in [5.41, 5.74) is 1.66. The highest BCUT2D eigenvalue weighted by Crippen LogP contribution is 2.52. The highest BCUT2D eigenvalue weighted by atomic mass is 16.5. The zero-order valence-corrected chi connectivity index (χ0v) is 15.4. The van der Waals surface area contributed by atoms with Gasteiger partial charge in [0, 0.05) is 32.0 Å². The van der Waals surface area contributed by atoms with Crippen LogP contribution in [0.25, 0.3) is 0 Å². The molecule has 0 saturated carbocycles. The van der Waals surface area contributed by atoms with Gasteiger partial charge in [-0.25, -0.2) is 0 Å². The molecule has 140 valence electrons. The lowest BCUT2D eigenvalue weighted by Crippen LogP contribution is -2.47. The molecule has 0 aromatic carbocycles. The highest BCUT2D eigenvalue weighted by molar-refractivity contribution is 5.93. The number of rotatable bonds is 3. The summed E-state index contributed by atoms with van der Waals surface area (Å²) < 4.78 is 6.22. The Hall–Kier alpha value is -2.47. The molecule has 2 saturated heterocycles. The van der Waals surface area contributed by atoms with E-state index in [-0.39, 0.29) is 17.9 Å². The van der Waals surface area contributed by atoms with Gasteiger partial charge >= 0.3 is 0 Å². The summed E-state index contributed by atoms with van der Waals surface area (Å²) in [6.45, 7) is 4.45. The van der Waals surface area contributed by atoms with E-state index in [4.69, 9.17) is 4.74 Å². The van der Waals surface area contributed by atoms with Crippen LogP contribution in [0.5, 0.6) is 0 Å². The molecule has 2 bridgehead atoms. The molecular weight excluding hydrogens is 342 g/mol. The number of pyridine rings is 1. The summed E-state index contributed by atoms with van der Waals surface area (Å²) in [6, 6.07) is 3.83. The number of fused-ring (bicyclic) bond motifs is 1. The van der Waals surface area contributed by atoms with Gasteiger partial charge in [-0.3, -0.25) is 14.6 Å². The third-order valence-corrected chi connectivity index (χ3v) is 6.31. The molecule has 1 aromatic heterocycles. The molecule has 0 unspecified atom stereocenters. The van der Waals surface area contributed by atoms with Crippen molar-refractivity contribution in [2.45, 2.75) is 31.6 Å². The fourth-order valence-electron chi connectivity index (χ4n) is 4.89. The lowest BCUT2D eigenvalue weighted by Gasteiger charge is -2.31. The summed E-state index contributed by atoms with van der Waals surface area (Å²) in [5, 5.41) is 0. The summed E-state index contributed by atoms with van der Waals surface area (Å²) >= 11 is 0. The number of ether oxygens (including phenoxy) is 1. The first-order chi connectivity index (χ1) is 13.1. The quantitative estimate of drug-likeness (QED) is 0.763. The lowest BCUT2D eigenvalue weighted by atomic mass is 9.76. The second-order valence-electron chi connectivity index (χ2n) is 8.04. The van der Waals surface area contributed by atoms with Gasteiger partial charge in [-0.1, -0.05) is 29.9 Å². The van der Waals surface area contributed by atoms with Crippen LogP contribution in [0.1, 0.15) is 18.9 Å². The minimum absolute atomic E-state index is 0.0211. The number of nitrogens with zero attached hydrogens (tertiary/aromatic N) is 3. The topological polar surface area (TPSA) is 62.7 Å². The van der Waals surface area contributed by atoms with Crippen molar-refractivity contribution in [3.8, 4) is 0 Å². The Bertz CT molecular complexity index is 849. The van der Waals surface area contributed by atoms with E-state index in [0.717, 1.165) is 18.5 Å². The second-order valence-corrected chi connectivity index (χ2v) is 8.04. The number of likely N-dealkylation sites (tertiary alicyclic amines) is 1. The molecule has 0 N–H and O–H groups in total.